The Morgan fingerprint density at radius 1 is 1.55 bits per heavy atom. The zero-order valence-corrected chi connectivity index (χ0v) is 12.5. The molecule has 0 radical (unpaired) electrons. The SMILES string of the molecule is CC(C)(CCO)CNC(=O)c1sc2cnccc2c1N. The number of hydrogen-bond donors (Lipinski definition) is 3. The van der Waals surface area contributed by atoms with Crippen LogP contribution in [-0.2, 0) is 0 Å². The number of nitrogens with one attached hydrogen (secondary N) is 1. The van der Waals surface area contributed by atoms with Gasteiger partial charge in [-0.15, -0.1) is 11.3 Å². The molecule has 4 N–H and O–H groups in total. The molecule has 2 aromatic rings. The van der Waals surface area contributed by atoms with Crippen LogP contribution in [0.4, 0.5) is 5.69 Å². The zero-order chi connectivity index (χ0) is 14.8. The van der Waals surface area contributed by atoms with E-state index in [1.807, 2.05) is 19.9 Å². The van der Waals surface area contributed by atoms with Crippen molar-refractivity contribution in [2.75, 3.05) is 18.9 Å². The molecule has 6 heteroatoms. The highest BCUT2D eigenvalue weighted by Gasteiger charge is 2.21. The molecule has 108 valence electrons. The average molecular weight is 293 g/mol. The van der Waals surface area contributed by atoms with Gasteiger partial charge >= 0.3 is 0 Å². The van der Waals surface area contributed by atoms with Gasteiger partial charge in [-0.1, -0.05) is 13.8 Å². The van der Waals surface area contributed by atoms with Gasteiger partial charge in [-0.05, 0) is 17.9 Å². The summed E-state index contributed by atoms with van der Waals surface area (Å²) in [5, 5.41) is 12.7. The molecule has 0 saturated heterocycles. The largest absolute Gasteiger partial charge is 0.397 e. The van der Waals surface area contributed by atoms with Crippen molar-refractivity contribution in [3.8, 4) is 0 Å². The average Bonchev–Trinajstić information content (AvgIpc) is 2.74. The van der Waals surface area contributed by atoms with Crippen molar-refractivity contribution >= 4 is 33.0 Å². The Labute approximate surface area is 121 Å². The van der Waals surface area contributed by atoms with Gasteiger partial charge in [0.25, 0.3) is 5.91 Å². The molecular weight excluding hydrogens is 274 g/mol. The van der Waals surface area contributed by atoms with Crippen LogP contribution in [0.25, 0.3) is 10.1 Å². The smallest absolute Gasteiger partial charge is 0.263 e. The maximum atomic E-state index is 12.2. The minimum Gasteiger partial charge on any atom is -0.397 e. The number of aliphatic hydroxyl groups excluding tert-OH is 1. The van der Waals surface area contributed by atoms with Crippen molar-refractivity contribution in [1.29, 1.82) is 0 Å². The van der Waals surface area contributed by atoms with Gasteiger partial charge in [-0.2, -0.15) is 0 Å². The van der Waals surface area contributed by atoms with Gasteiger partial charge in [0, 0.05) is 30.9 Å². The van der Waals surface area contributed by atoms with Crippen molar-refractivity contribution < 1.29 is 9.90 Å². The van der Waals surface area contributed by atoms with E-state index in [1.165, 1.54) is 11.3 Å². The van der Waals surface area contributed by atoms with Gasteiger partial charge in [0.2, 0.25) is 0 Å². The van der Waals surface area contributed by atoms with Gasteiger partial charge < -0.3 is 16.2 Å². The molecule has 0 fully saturated rings. The highest BCUT2D eigenvalue weighted by atomic mass is 32.1. The molecule has 2 aromatic heterocycles. The first-order valence-electron chi connectivity index (χ1n) is 6.46. The van der Waals surface area contributed by atoms with Crippen molar-refractivity contribution in [3.63, 3.8) is 0 Å². The van der Waals surface area contributed by atoms with E-state index in [1.54, 1.807) is 12.4 Å². The number of nitrogens with zero attached hydrogens (tertiary/aromatic N) is 1. The summed E-state index contributed by atoms with van der Waals surface area (Å²) in [6, 6.07) is 1.81. The minimum absolute atomic E-state index is 0.111. The second-order valence-corrected chi connectivity index (χ2v) is 6.59. The van der Waals surface area contributed by atoms with E-state index in [0.29, 0.717) is 23.5 Å². The molecule has 0 aliphatic carbocycles. The zero-order valence-electron chi connectivity index (χ0n) is 11.6. The number of rotatable bonds is 5. The predicted octanol–water partition coefficient (Wildman–Crippen LogP) is 2.02. The third-order valence-electron chi connectivity index (χ3n) is 3.25. The van der Waals surface area contributed by atoms with Crippen molar-refractivity contribution in [3.05, 3.63) is 23.3 Å². The lowest BCUT2D eigenvalue weighted by Gasteiger charge is -2.23. The van der Waals surface area contributed by atoms with Crippen LogP contribution in [0.3, 0.4) is 0 Å². The first-order chi connectivity index (χ1) is 9.44. The van der Waals surface area contributed by atoms with E-state index in [0.717, 1.165) is 10.1 Å². The summed E-state index contributed by atoms with van der Waals surface area (Å²) < 4.78 is 0.907. The molecule has 0 aromatic carbocycles. The summed E-state index contributed by atoms with van der Waals surface area (Å²) in [6.07, 6.45) is 4.01. The van der Waals surface area contributed by atoms with Crippen LogP contribution in [0.15, 0.2) is 18.5 Å². The van der Waals surface area contributed by atoms with Gasteiger partial charge in [-0.3, -0.25) is 9.78 Å². The highest BCUT2D eigenvalue weighted by molar-refractivity contribution is 7.21. The molecule has 0 aliphatic heterocycles. The summed E-state index contributed by atoms with van der Waals surface area (Å²) in [5.74, 6) is -0.172. The Bertz CT molecular complexity index is 622. The number of aromatic nitrogens is 1. The minimum atomic E-state index is -0.172. The third-order valence-corrected chi connectivity index (χ3v) is 4.41. The molecule has 5 nitrogen and oxygen atoms in total. The van der Waals surface area contributed by atoms with Crippen molar-refractivity contribution in [1.82, 2.24) is 10.3 Å². The summed E-state index contributed by atoms with van der Waals surface area (Å²) in [6.45, 7) is 4.61. The van der Waals surface area contributed by atoms with E-state index >= 15 is 0 Å². The van der Waals surface area contributed by atoms with Crippen LogP contribution >= 0.6 is 11.3 Å². The van der Waals surface area contributed by atoms with Crippen LogP contribution in [0, 0.1) is 5.41 Å². The van der Waals surface area contributed by atoms with Gasteiger partial charge in [-0.25, -0.2) is 0 Å². The van der Waals surface area contributed by atoms with Crippen LogP contribution in [0.1, 0.15) is 29.9 Å². The van der Waals surface area contributed by atoms with Crippen LogP contribution in [-0.4, -0.2) is 29.1 Å². The fourth-order valence-corrected chi connectivity index (χ4v) is 2.94. The molecule has 2 heterocycles. The number of hydrogen-bond acceptors (Lipinski definition) is 5. The van der Waals surface area contributed by atoms with E-state index in [-0.39, 0.29) is 17.9 Å². The second-order valence-electron chi connectivity index (χ2n) is 5.54. The van der Waals surface area contributed by atoms with Gasteiger partial charge in [0.1, 0.15) is 4.88 Å². The van der Waals surface area contributed by atoms with E-state index in [9.17, 15) is 4.79 Å². The molecule has 2 rings (SSSR count). The van der Waals surface area contributed by atoms with Crippen LogP contribution < -0.4 is 11.1 Å². The number of anilines is 1. The summed E-state index contributed by atoms with van der Waals surface area (Å²) in [4.78, 5) is 16.8. The summed E-state index contributed by atoms with van der Waals surface area (Å²) in [7, 11) is 0. The number of carbonyl (C=O) groups excluding carboxylic acids is 1. The Hall–Kier alpha value is -1.66. The monoisotopic (exact) mass is 293 g/mol. The van der Waals surface area contributed by atoms with E-state index < -0.39 is 0 Å². The molecule has 0 atom stereocenters. The second kappa shape index (κ2) is 5.76. The highest BCUT2D eigenvalue weighted by Crippen LogP contribution is 2.32. The molecule has 1 amide bonds. The van der Waals surface area contributed by atoms with Crippen molar-refractivity contribution in [2.24, 2.45) is 5.41 Å². The molecule has 0 saturated carbocycles. The molecule has 0 aliphatic rings. The predicted molar refractivity (Wildman–Crippen MR) is 81.8 cm³/mol. The fourth-order valence-electron chi connectivity index (χ4n) is 1.93. The van der Waals surface area contributed by atoms with Crippen LogP contribution in [0.5, 0.6) is 0 Å². The lowest BCUT2D eigenvalue weighted by molar-refractivity contribution is 0.0933. The number of carbonyl (C=O) groups is 1. The number of aliphatic hydroxyl groups is 1. The Kier molecular flexibility index (Phi) is 4.25. The normalized spacial score (nSPS) is 11.8. The maximum absolute atomic E-state index is 12.2. The number of nitrogens with two attached hydrogens (primary N) is 1. The molecule has 20 heavy (non-hydrogen) atoms. The number of amides is 1. The van der Waals surface area contributed by atoms with Crippen molar-refractivity contribution in [2.45, 2.75) is 20.3 Å². The van der Waals surface area contributed by atoms with E-state index in [2.05, 4.69) is 10.3 Å². The van der Waals surface area contributed by atoms with E-state index in [4.69, 9.17) is 10.8 Å². The topological polar surface area (TPSA) is 88.2 Å². The first kappa shape index (κ1) is 14.7. The number of thiophene rings is 1. The lowest BCUT2D eigenvalue weighted by Crippen LogP contribution is -2.34. The van der Waals surface area contributed by atoms with Crippen LogP contribution in [0.2, 0.25) is 0 Å². The third kappa shape index (κ3) is 3.08. The maximum Gasteiger partial charge on any atom is 0.263 e. The number of nitrogen functional groups attached to an aromatic ring is 1. The first-order valence-corrected chi connectivity index (χ1v) is 7.27. The molecule has 0 spiro atoms. The molecule has 0 unspecified atom stereocenters. The van der Waals surface area contributed by atoms with Gasteiger partial charge in [0.05, 0.1) is 10.4 Å². The Morgan fingerprint density at radius 2 is 2.30 bits per heavy atom. The number of fused-ring (bicyclic) bond motifs is 1. The number of pyridine rings is 1. The standard InChI is InChI=1S/C14H19N3O2S/c1-14(2,4-6-18)8-17-13(19)12-11(15)9-3-5-16-7-10(9)20-12/h3,5,7,18H,4,6,8,15H2,1-2H3,(H,17,19). The lowest BCUT2D eigenvalue weighted by atomic mass is 9.90. The Morgan fingerprint density at radius 3 is 2.95 bits per heavy atom. The summed E-state index contributed by atoms with van der Waals surface area (Å²) in [5.41, 5.74) is 6.38. The Balaban J connectivity index is 2.14. The molecular formula is C14H19N3O2S. The quantitative estimate of drug-likeness (QED) is 0.787. The summed E-state index contributed by atoms with van der Waals surface area (Å²) >= 11 is 1.35. The van der Waals surface area contributed by atoms with Gasteiger partial charge in [0.15, 0.2) is 0 Å². The fraction of sp³-hybridized carbons (Fsp3) is 0.429. The molecule has 0 bridgehead atoms.